The molecule has 0 saturated heterocycles. The minimum absolute atomic E-state index is 1.07. The molecule has 110 valence electrons. The van der Waals surface area contributed by atoms with Crippen molar-refractivity contribution in [3.63, 3.8) is 0 Å². The molecule has 0 atom stereocenters. The molecule has 0 unspecified atom stereocenters. The van der Waals surface area contributed by atoms with Crippen molar-refractivity contribution in [2.45, 2.75) is 27.7 Å². The van der Waals surface area contributed by atoms with Gasteiger partial charge in [-0.3, -0.25) is 0 Å². The summed E-state index contributed by atoms with van der Waals surface area (Å²) < 4.78 is 4.56. The number of fused-ring (bicyclic) bond motifs is 6. The van der Waals surface area contributed by atoms with Crippen LogP contribution >= 0.6 is 0 Å². The van der Waals surface area contributed by atoms with Crippen LogP contribution in [0.25, 0.3) is 27.3 Å². The van der Waals surface area contributed by atoms with Crippen LogP contribution in [0.5, 0.6) is 0 Å². The molecule has 3 heteroatoms. The largest absolute Gasteiger partial charge is 0.265 e. The molecule has 22 heavy (non-hydrogen) atoms. The lowest BCUT2D eigenvalue weighted by molar-refractivity contribution is -0.580. The quantitative estimate of drug-likeness (QED) is 0.357. The Morgan fingerprint density at radius 3 is 2.36 bits per heavy atom. The van der Waals surface area contributed by atoms with Crippen LogP contribution in [0, 0.1) is 27.7 Å². The third kappa shape index (κ3) is 1.51. The maximum absolute atomic E-state index is 4.86. The molecule has 0 N–H and O–H groups in total. The Labute approximate surface area is 129 Å². The van der Waals surface area contributed by atoms with E-state index >= 15 is 0 Å². The zero-order chi connectivity index (χ0) is 15.6. The van der Waals surface area contributed by atoms with Gasteiger partial charge < -0.3 is 0 Å². The molecule has 0 aliphatic rings. The highest BCUT2D eigenvalue weighted by molar-refractivity contribution is 6.09. The maximum Gasteiger partial charge on any atom is 0.265 e. The molecule has 0 spiro atoms. The van der Waals surface area contributed by atoms with E-state index in [0.717, 1.165) is 11.2 Å². The van der Waals surface area contributed by atoms with Gasteiger partial charge in [0.15, 0.2) is 0 Å². The summed E-state index contributed by atoms with van der Waals surface area (Å²) in [6.45, 7) is 8.63. The minimum atomic E-state index is 1.07. The van der Waals surface area contributed by atoms with Crippen molar-refractivity contribution in [1.29, 1.82) is 0 Å². The first-order chi connectivity index (χ1) is 10.5. The summed E-state index contributed by atoms with van der Waals surface area (Å²) in [5.74, 6) is 0. The van der Waals surface area contributed by atoms with E-state index in [4.69, 9.17) is 4.98 Å². The molecular formula is C19H20N3+. The first-order valence-corrected chi connectivity index (χ1v) is 7.67. The Bertz CT molecular complexity index is 1070. The minimum Gasteiger partial charge on any atom is -0.246 e. The van der Waals surface area contributed by atoms with Crippen LogP contribution in [0.2, 0.25) is 0 Å². The predicted molar refractivity (Wildman–Crippen MR) is 90.3 cm³/mol. The normalized spacial score (nSPS) is 11.9. The fraction of sp³-hybridized carbons (Fsp3) is 0.263. The van der Waals surface area contributed by atoms with E-state index in [1.165, 1.54) is 38.6 Å². The molecule has 0 radical (unpaired) electrons. The molecule has 1 aromatic carbocycles. The molecule has 3 heterocycles. The van der Waals surface area contributed by atoms with Gasteiger partial charge in [0.1, 0.15) is 5.52 Å². The topological polar surface area (TPSA) is 21.9 Å². The molecule has 3 aromatic heterocycles. The Kier molecular flexibility index (Phi) is 2.59. The van der Waals surface area contributed by atoms with E-state index in [0.29, 0.717) is 0 Å². The van der Waals surface area contributed by atoms with E-state index in [1.807, 2.05) is 0 Å². The van der Waals surface area contributed by atoms with Gasteiger partial charge in [0.05, 0.1) is 18.1 Å². The summed E-state index contributed by atoms with van der Waals surface area (Å²) in [6, 6.07) is 10.8. The van der Waals surface area contributed by atoms with Gasteiger partial charge in [-0.05, 0) is 39.8 Å². The first kappa shape index (κ1) is 13.3. The lowest BCUT2D eigenvalue weighted by Crippen LogP contribution is -2.33. The van der Waals surface area contributed by atoms with Gasteiger partial charge in [0.2, 0.25) is 5.52 Å². The number of aryl methyl sites for hydroxylation is 4. The van der Waals surface area contributed by atoms with Gasteiger partial charge in [0.25, 0.3) is 5.52 Å². The highest BCUT2D eigenvalue weighted by Crippen LogP contribution is 2.29. The van der Waals surface area contributed by atoms with Crippen molar-refractivity contribution in [3.05, 3.63) is 52.8 Å². The fourth-order valence-corrected chi connectivity index (χ4v) is 3.63. The molecule has 4 aromatic rings. The maximum atomic E-state index is 4.86. The van der Waals surface area contributed by atoms with Crippen LogP contribution in [-0.4, -0.2) is 9.67 Å². The number of aromatic nitrogens is 3. The molecule has 0 amide bonds. The molecule has 0 bridgehead atoms. The number of benzene rings is 1. The predicted octanol–water partition coefficient (Wildman–Crippen LogP) is 3.70. The van der Waals surface area contributed by atoms with Gasteiger partial charge in [-0.2, -0.15) is 4.68 Å². The van der Waals surface area contributed by atoms with Gasteiger partial charge in [-0.25, -0.2) is 4.98 Å². The van der Waals surface area contributed by atoms with Crippen LogP contribution < -0.4 is 4.52 Å². The van der Waals surface area contributed by atoms with E-state index in [2.05, 4.69) is 74.3 Å². The van der Waals surface area contributed by atoms with Gasteiger partial charge in [-0.15, -0.1) is 0 Å². The smallest absolute Gasteiger partial charge is 0.246 e. The Morgan fingerprint density at radius 2 is 1.64 bits per heavy atom. The van der Waals surface area contributed by atoms with Crippen LogP contribution in [0.4, 0.5) is 0 Å². The lowest BCUT2D eigenvalue weighted by atomic mass is 10.0. The monoisotopic (exact) mass is 290 g/mol. The number of pyridine rings is 2. The molecule has 3 nitrogen and oxygen atoms in total. The summed E-state index contributed by atoms with van der Waals surface area (Å²) >= 11 is 0. The first-order valence-electron chi connectivity index (χ1n) is 7.67. The zero-order valence-corrected chi connectivity index (χ0v) is 13.7. The van der Waals surface area contributed by atoms with Gasteiger partial charge in [-0.1, -0.05) is 22.7 Å². The standard InChI is InChI=1S/C19H20N3/c1-11-10-12(2)20-17-15-8-6-7-9-16(15)19-13(3)14(4)21(5)22(19)18(11)17/h6-10H,1-5H3/q+1. The lowest BCUT2D eigenvalue weighted by Gasteiger charge is -2.05. The van der Waals surface area contributed by atoms with Crippen LogP contribution in [0.3, 0.4) is 0 Å². The second-order valence-electron chi connectivity index (χ2n) is 6.22. The van der Waals surface area contributed by atoms with Crippen molar-refractivity contribution in [1.82, 2.24) is 9.67 Å². The molecular weight excluding hydrogens is 270 g/mol. The molecule has 4 rings (SSSR count). The van der Waals surface area contributed by atoms with E-state index < -0.39 is 0 Å². The number of hydrogen-bond donors (Lipinski definition) is 0. The summed E-state index contributed by atoms with van der Waals surface area (Å²) in [7, 11) is 2.13. The van der Waals surface area contributed by atoms with Crippen molar-refractivity contribution in [2.24, 2.45) is 7.05 Å². The summed E-state index contributed by atoms with van der Waals surface area (Å²) in [5, 5.41) is 2.51. The molecule has 0 fully saturated rings. The zero-order valence-electron chi connectivity index (χ0n) is 13.7. The van der Waals surface area contributed by atoms with Crippen LogP contribution in [-0.2, 0) is 7.05 Å². The van der Waals surface area contributed by atoms with E-state index in [1.54, 1.807) is 0 Å². The Balaban J connectivity index is 2.50. The Morgan fingerprint density at radius 1 is 0.955 bits per heavy atom. The van der Waals surface area contributed by atoms with Crippen molar-refractivity contribution in [3.8, 4) is 0 Å². The number of nitrogens with zero attached hydrogens (tertiary/aromatic N) is 3. The van der Waals surface area contributed by atoms with Crippen molar-refractivity contribution >= 4 is 27.3 Å². The Hall–Kier alpha value is -2.42. The number of hydrogen-bond acceptors (Lipinski definition) is 1. The summed E-state index contributed by atoms with van der Waals surface area (Å²) in [5.41, 5.74) is 8.54. The van der Waals surface area contributed by atoms with Gasteiger partial charge >= 0.3 is 0 Å². The van der Waals surface area contributed by atoms with Crippen molar-refractivity contribution < 1.29 is 4.52 Å². The summed E-state index contributed by atoms with van der Waals surface area (Å²) in [4.78, 5) is 4.86. The summed E-state index contributed by atoms with van der Waals surface area (Å²) in [6.07, 6.45) is 0. The SMILES string of the molecule is Cc1cc(C)c2c(n1)c1ccccc1c1c(C)c(C)n(C)[n+]12. The van der Waals surface area contributed by atoms with Crippen LogP contribution in [0.15, 0.2) is 30.3 Å². The van der Waals surface area contributed by atoms with Gasteiger partial charge in [0, 0.05) is 22.2 Å². The molecule has 0 aliphatic carbocycles. The van der Waals surface area contributed by atoms with E-state index in [-0.39, 0.29) is 0 Å². The third-order valence-electron chi connectivity index (χ3n) is 4.86. The average molecular weight is 290 g/mol. The highest BCUT2D eigenvalue weighted by Gasteiger charge is 2.26. The van der Waals surface area contributed by atoms with Crippen LogP contribution in [0.1, 0.15) is 22.5 Å². The molecule has 0 aliphatic heterocycles. The fourth-order valence-electron chi connectivity index (χ4n) is 3.63. The number of rotatable bonds is 0. The second kappa shape index (κ2) is 4.29. The van der Waals surface area contributed by atoms with E-state index in [9.17, 15) is 0 Å². The second-order valence-corrected chi connectivity index (χ2v) is 6.22. The highest BCUT2D eigenvalue weighted by atomic mass is 15.4. The third-order valence-corrected chi connectivity index (χ3v) is 4.86. The molecule has 0 saturated carbocycles. The average Bonchev–Trinajstić information content (AvgIpc) is 2.72. The van der Waals surface area contributed by atoms with Crippen molar-refractivity contribution in [2.75, 3.05) is 0 Å².